The zero-order valence-corrected chi connectivity index (χ0v) is 25.7. The minimum atomic E-state index is -0.744. The van der Waals surface area contributed by atoms with E-state index in [0.717, 1.165) is 31.2 Å². The maximum Gasteiger partial charge on any atom is 0.247 e. The van der Waals surface area contributed by atoms with Crippen LogP contribution in [0.4, 0.5) is 0 Å². The summed E-state index contributed by atoms with van der Waals surface area (Å²) in [4.78, 5) is 48.8. The highest BCUT2D eigenvalue weighted by molar-refractivity contribution is 8.02. The fourth-order valence-corrected chi connectivity index (χ4v) is 9.66. The smallest absolute Gasteiger partial charge is 0.247 e. The molecule has 3 aliphatic heterocycles. The first-order valence-corrected chi connectivity index (χ1v) is 16.1. The number of thioether (sulfide) groups is 1. The molecule has 1 aromatic rings. The Bertz CT molecular complexity index is 1110. The monoisotopic (exact) mass is 581 g/mol. The third-order valence-corrected chi connectivity index (χ3v) is 11.1. The van der Waals surface area contributed by atoms with Gasteiger partial charge in [0.2, 0.25) is 17.7 Å². The lowest BCUT2D eigenvalue weighted by molar-refractivity contribution is -0.147. The lowest BCUT2D eigenvalue weighted by atomic mass is 9.70. The molecule has 2 bridgehead atoms. The SMILES string of the molecule is C=CCN(CCC)C(=O)[C@@H]1[C@H]2C(=O)N([C@@H](CO)Cc3ccccc3)C(C(=O)N(CC=C)C(C)CCC)C23CC[C@H]1S3. The van der Waals surface area contributed by atoms with Gasteiger partial charge in [0.05, 0.1) is 29.2 Å². The van der Waals surface area contributed by atoms with E-state index in [1.165, 1.54) is 0 Å². The van der Waals surface area contributed by atoms with Crippen LogP contribution in [0.2, 0.25) is 0 Å². The largest absolute Gasteiger partial charge is 0.394 e. The van der Waals surface area contributed by atoms with E-state index in [-0.39, 0.29) is 35.6 Å². The molecule has 8 heteroatoms. The highest BCUT2D eigenvalue weighted by Gasteiger charge is 2.74. The van der Waals surface area contributed by atoms with Crippen LogP contribution >= 0.6 is 11.8 Å². The Balaban J connectivity index is 1.80. The van der Waals surface area contributed by atoms with Gasteiger partial charge in [0.1, 0.15) is 6.04 Å². The lowest BCUT2D eigenvalue weighted by Crippen LogP contribution is -2.59. The molecule has 0 aromatic heterocycles. The zero-order chi connectivity index (χ0) is 29.7. The van der Waals surface area contributed by atoms with E-state index in [2.05, 4.69) is 27.0 Å². The van der Waals surface area contributed by atoms with Crippen LogP contribution in [0, 0.1) is 11.8 Å². The van der Waals surface area contributed by atoms with Crippen molar-refractivity contribution >= 4 is 29.5 Å². The summed E-state index contributed by atoms with van der Waals surface area (Å²) in [7, 11) is 0. The number of carbonyl (C=O) groups is 3. The predicted molar refractivity (Wildman–Crippen MR) is 165 cm³/mol. The fourth-order valence-electron chi connectivity index (χ4n) is 7.47. The fraction of sp³-hybridized carbons (Fsp3) is 0.606. The molecule has 1 N–H and O–H groups in total. The van der Waals surface area contributed by atoms with Crippen molar-refractivity contribution in [3.8, 4) is 0 Å². The molecular formula is C33H47N3O4S. The van der Waals surface area contributed by atoms with Crippen LogP contribution in [-0.2, 0) is 20.8 Å². The third-order valence-electron chi connectivity index (χ3n) is 9.18. The summed E-state index contributed by atoms with van der Waals surface area (Å²) in [5.74, 6) is -1.34. The van der Waals surface area contributed by atoms with Crippen molar-refractivity contribution in [3.63, 3.8) is 0 Å². The van der Waals surface area contributed by atoms with E-state index >= 15 is 0 Å². The molecule has 7 atom stereocenters. The number of nitrogens with zero attached hydrogens (tertiary/aromatic N) is 3. The van der Waals surface area contributed by atoms with Crippen molar-refractivity contribution in [2.75, 3.05) is 26.2 Å². The van der Waals surface area contributed by atoms with E-state index in [9.17, 15) is 19.5 Å². The van der Waals surface area contributed by atoms with Gasteiger partial charge in [-0.1, -0.05) is 62.8 Å². The summed E-state index contributed by atoms with van der Waals surface area (Å²) in [6.45, 7) is 15.1. The number of fused-ring (bicyclic) bond motifs is 1. The first kappa shape index (κ1) is 31.4. The van der Waals surface area contributed by atoms with E-state index in [1.807, 2.05) is 47.1 Å². The molecule has 3 amide bonds. The van der Waals surface area contributed by atoms with E-state index in [1.54, 1.807) is 28.8 Å². The molecular weight excluding hydrogens is 534 g/mol. The molecule has 3 fully saturated rings. The van der Waals surface area contributed by atoms with Crippen molar-refractivity contribution in [2.45, 2.75) is 87.4 Å². The Morgan fingerprint density at radius 1 is 1.15 bits per heavy atom. The molecule has 0 aliphatic carbocycles. The molecule has 4 rings (SSSR count). The minimum absolute atomic E-state index is 0.000640. The Morgan fingerprint density at radius 3 is 2.46 bits per heavy atom. The molecule has 7 nitrogen and oxygen atoms in total. The molecule has 3 unspecified atom stereocenters. The molecule has 41 heavy (non-hydrogen) atoms. The summed E-state index contributed by atoms with van der Waals surface area (Å²) in [5.41, 5.74) is 0.993. The number of aliphatic hydroxyl groups is 1. The molecule has 0 radical (unpaired) electrons. The molecule has 1 aromatic carbocycles. The summed E-state index contributed by atoms with van der Waals surface area (Å²) in [6.07, 6.45) is 8.02. The Kier molecular flexibility index (Phi) is 10.4. The van der Waals surface area contributed by atoms with Gasteiger partial charge in [0.15, 0.2) is 0 Å². The van der Waals surface area contributed by atoms with Gasteiger partial charge in [-0.25, -0.2) is 0 Å². The van der Waals surface area contributed by atoms with Gasteiger partial charge < -0.3 is 19.8 Å². The van der Waals surface area contributed by atoms with Crippen LogP contribution in [0.1, 0.15) is 58.4 Å². The van der Waals surface area contributed by atoms with Crippen LogP contribution in [0.3, 0.4) is 0 Å². The second kappa shape index (κ2) is 13.6. The number of carbonyl (C=O) groups excluding carboxylic acids is 3. The molecule has 3 aliphatic rings. The molecule has 3 saturated heterocycles. The number of hydrogen-bond acceptors (Lipinski definition) is 5. The standard InChI is InChI=1S/C33H47N3O4S/c1-6-13-23(5)35(20-9-4)32(40)29-33-17-16-26(41-33)27(30(38)34(18-7-2)19-8-3)28(33)31(39)36(29)25(22-37)21-24-14-11-10-12-15-24/h7,9-12,14-15,23,25-29,37H,2,4,6,8,13,16-22H2,1,3,5H3/t23?,25-,26-,27+,28+,29?,33?/m1/s1. The maximum atomic E-state index is 14.7. The summed E-state index contributed by atoms with van der Waals surface area (Å²) < 4.78 is -0.694. The second-order valence-corrected chi connectivity index (χ2v) is 13.4. The van der Waals surface area contributed by atoms with Crippen molar-refractivity contribution in [1.29, 1.82) is 0 Å². The number of aliphatic hydroxyl groups excluding tert-OH is 1. The quantitative estimate of drug-likeness (QED) is 0.312. The molecule has 1 spiro atoms. The van der Waals surface area contributed by atoms with Crippen molar-refractivity contribution in [3.05, 3.63) is 61.2 Å². The summed E-state index contributed by atoms with van der Waals surface area (Å²) >= 11 is 1.69. The van der Waals surface area contributed by atoms with Gasteiger partial charge in [-0.2, -0.15) is 0 Å². The minimum Gasteiger partial charge on any atom is -0.394 e. The van der Waals surface area contributed by atoms with E-state index < -0.39 is 28.7 Å². The van der Waals surface area contributed by atoms with Crippen LogP contribution < -0.4 is 0 Å². The first-order chi connectivity index (χ1) is 19.8. The van der Waals surface area contributed by atoms with Crippen LogP contribution in [0.15, 0.2) is 55.6 Å². The average Bonchev–Trinajstić information content (AvgIpc) is 3.62. The second-order valence-electron chi connectivity index (χ2n) is 11.8. The normalized spacial score (nSPS) is 27.8. The number of amides is 3. The first-order valence-electron chi connectivity index (χ1n) is 15.2. The Hall–Kier alpha value is -2.58. The predicted octanol–water partition coefficient (Wildman–Crippen LogP) is 4.31. The Morgan fingerprint density at radius 2 is 1.85 bits per heavy atom. The Labute approximate surface area is 250 Å². The number of rotatable bonds is 15. The van der Waals surface area contributed by atoms with Crippen molar-refractivity contribution in [2.24, 2.45) is 11.8 Å². The maximum absolute atomic E-state index is 14.7. The lowest BCUT2D eigenvalue weighted by Gasteiger charge is -2.41. The van der Waals surface area contributed by atoms with Gasteiger partial charge in [-0.05, 0) is 44.6 Å². The third kappa shape index (κ3) is 5.74. The number of likely N-dealkylation sites (tertiary alicyclic amines) is 1. The van der Waals surface area contributed by atoms with Crippen LogP contribution in [-0.4, -0.2) is 91.9 Å². The van der Waals surface area contributed by atoms with Crippen LogP contribution in [0.5, 0.6) is 0 Å². The summed E-state index contributed by atoms with van der Waals surface area (Å²) in [6, 6.07) is 8.46. The molecule has 224 valence electrons. The van der Waals surface area contributed by atoms with Gasteiger partial charge in [-0.15, -0.1) is 24.9 Å². The van der Waals surface area contributed by atoms with Crippen LogP contribution in [0.25, 0.3) is 0 Å². The molecule has 0 saturated carbocycles. The van der Waals surface area contributed by atoms with Gasteiger partial charge in [-0.3, -0.25) is 14.4 Å². The van der Waals surface area contributed by atoms with E-state index in [0.29, 0.717) is 32.5 Å². The van der Waals surface area contributed by atoms with Crippen molar-refractivity contribution < 1.29 is 19.5 Å². The highest BCUT2D eigenvalue weighted by Crippen LogP contribution is 2.67. The highest BCUT2D eigenvalue weighted by atomic mass is 32.2. The van der Waals surface area contributed by atoms with Gasteiger partial charge in [0.25, 0.3) is 0 Å². The van der Waals surface area contributed by atoms with Crippen molar-refractivity contribution in [1.82, 2.24) is 14.7 Å². The number of benzene rings is 1. The summed E-state index contributed by atoms with van der Waals surface area (Å²) in [5, 5.41) is 10.7. The molecule has 3 heterocycles. The zero-order valence-electron chi connectivity index (χ0n) is 24.9. The van der Waals surface area contributed by atoms with Gasteiger partial charge >= 0.3 is 0 Å². The average molecular weight is 582 g/mol. The number of hydrogen-bond donors (Lipinski definition) is 1. The van der Waals surface area contributed by atoms with Gasteiger partial charge in [0, 0.05) is 30.9 Å². The van der Waals surface area contributed by atoms with E-state index in [4.69, 9.17) is 0 Å². The topological polar surface area (TPSA) is 81.2 Å².